The predicted octanol–water partition coefficient (Wildman–Crippen LogP) is 0.466. The molecule has 0 aromatic heterocycles. The van der Waals surface area contributed by atoms with Crippen LogP contribution in [0.15, 0.2) is 30.3 Å². The lowest BCUT2D eigenvalue weighted by atomic mass is 9.97. The van der Waals surface area contributed by atoms with Crippen molar-refractivity contribution >= 4 is 17.3 Å². The van der Waals surface area contributed by atoms with Crippen LogP contribution in [-0.2, 0) is 6.54 Å². The van der Waals surface area contributed by atoms with Gasteiger partial charge in [-0.3, -0.25) is 15.8 Å². The fourth-order valence-corrected chi connectivity index (χ4v) is 2.70. The third-order valence-electron chi connectivity index (χ3n) is 3.79. The van der Waals surface area contributed by atoms with Crippen LogP contribution in [0.2, 0.25) is 0 Å². The van der Waals surface area contributed by atoms with Gasteiger partial charge in [0.1, 0.15) is 5.66 Å². The van der Waals surface area contributed by atoms with Gasteiger partial charge in [0.25, 0.3) is 0 Å². The summed E-state index contributed by atoms with van der Waals surface area (Å²) >= 11 is 5.01. The molecule has 1 spiro atoms. The zero-order valence-corrected chi connectivity index (χ0v) is 11.6. The summed E-state index contributed by atoms with van der Waals surface area (Å²) in [7, 11) is 0. The van der Waals surface area contributed by atoms with Crippen LogP contribution < -0.4 is 21.7 Å². The first-order chi connectivity index (χ1) is 9.26. The Labute approximate surface area is 118 Å². The number of piperidine rings is 1. The van der Waals surface area contributed by atoms with E-state index >= 15 is 0 Å². The number of thiocarbonyl (C=S) groups is 1. The molecule has 0 unspecified atom stereocenters. The molecular formula is C13H19N5S. The van der Waals surface area contributed by atoms with Gasteiger partial charge in [0.2, 0.25) is 0 Å². The Balaban J connectivity index is 1.53. The maximum atomic E-state index is 5.01. The van der Waals surface area contributed by atoms with Gasteiger partial charge in [-0.1, -0.05) is 30.3 Å². The number of hydrogen-bond donors (Lipinski definition) is 4. The Morgan fingerprint density at radius 1 is 1.05 bits per heavy atom. The molecule has 5 nitrogen and oxygen atoms in total. The van der Waals surface area contributed by atoms with Crippen LogP contribution in [0, 0.1) is 0 Å². The van der Waals surface area contributed by atoms with Crippen LogP contribution in [-0.4, -0.2) is 28.8 Å². The van der Waals surface area contributed by atoms with Gasteiger partial charge >= 0.3 is 0 Å². The molecule has 2 fully saturated rings. The highest BCUT2D eigenvalue weighted by Gasteiger charge is 2.36. The van der Waals surface area contributed by atoms with E-state index in [1.807, 2.05) is 0 Å². The first-order valence-electron chi connectivity index (χ1n) is 6.62. The Morgan fingerprint density at radius 3 is 2.32 bits per heavy atom. The standard InChI is InChI=1S/C13H19N5S/c19-12-14-16-13(17-15-12)6-8-18(9-7-13)10-11-4-2-1-3-5-11/h1-5,16-17H,6-10H2,(H2,14,15,19). The lowest BCUT2D eigenvalue weighted by molar-refractivity contribution is 0.0813. The molecule has 0 bridgehead atoms. The topological polar surface area (TPSA) is 51.4 Å². The molecule has 2 aliphatic rings. The number of nitrogens with zero attached hydrogens (tertiary/aromatic N) is 1. The molecule has 0 amide bonds. The van der Waals surface area contributed by atoms with Gasteiger partial charge in [-0.05, 0) is 30.6 Å². The minimum Gasteiger partial charge on any atom is -0.299 e. The van der Waals surface area contributed by atoms with Crippen molar-refractivity contribution in [3.8, 4) is 0 Å². The van der Waals surface area contributed by atoms with Crippen molar-refractivity contribution in [1.82, 2.24) is 26.6 Å². The molecule has 0 radical (unpaired) electrons. The molecule has 1 aromatic rings. The fraction of sp³-hybridized carbons (Fsp3) is 0.462. The van der Waals surface area contributed by atoms with Crippen LogP contribution in [0.4, 0.5) is 0 Å². The van der Waals surface area contributed by atoms with Gasteiger partial charge in [0.15, 0.2) is 5.11 Å². The zero-order valence-electron chi connectivity index (χ0n) is 10.8. The molecule has 2 saturated heterocycles. The third kappa shape index (κ3) is 3.03. The molecule has 2 aliphatic heterocycles. The maximum absolute atomic E-state index is 5.01. The molecule has 0 saturated carbocycles. The van der Waals surface area contributed by atoms with Crippen molar-refractivity contribution in [1.29, 1.82) is 0 Å². The molecule has 1 aromatic carbocycles. The molecule has 2 heterocycles. The summed E-state index contributed by atoms with van der Waals surface area (Å²) in [5.41, 5.74) is 13.8. The van der Waals surface area contributed by atoms with Gasteiger partial charge in [-0.25, -0.2) is 10.9 Å². The van der Waals surface area contributed by atoms with Gasteiger partial charge in [0, 0.05) is 19.6 Å². The summed E-state index contributed by atoms with van der Waals surface area (Å²) in [6.45, 7) is 3.15. The lowest BCUT2D eigenvalue weighted by Crippen LogP contribution is -2.75. The van der Waals surface area contributed by atoms with E-state index in [0.717, 1.165) is 32.5 Å². The van der Waals surface area contributed by atoms with Crippen LogP contribution in [0.25, 0.3) is 0 Å². The van der Waals surface area contributed by atoms with E-state index < -0.39 is 0 Å². The van der Waals surface area contributed by atoms with Crippen molar-refractivity contribution in [3.05, 3.63) is 35.9 Å². The smallest absolute Gasteiger partial charge is 0.195 e. The molecule has 0 atom stereocenters. The van der Waals surface area contributed by atoms with Gasteiger partial charge in [0.05, 0.1) is 0 Å². The van der Waals surface area contributed by atoms with Crippen molar-refractivity contribution in [2.45, 2.75) is 25.0 Å². The molecule has 19 heavy (non-hydrogen) atoms. The van der Waals surface area contributed by atoms with Crippen LogP contribution in [0.1, 0.15) is 18.4 Å². The summed E-state index contributed by atoms with van der Waals surface area (Å²) in [6, 6.07) is 10.6. The number of hydrazine groups is 2. The molecular weight excluding hydrogens is 258 g/mol. The maximum Gasteiger partial charge on any atom is 0.195 e. The lowest BCUT2D eigenvalue weighted by Gasteiger charge is -2.45. The number of likely N-dealkylation sites (tertiary alicyclic amines) is 1. The minimum atomic E-state index is -0.0878. The third-order valence-corrected chi connectivity index (χ3v) is 3.99. The van der Waals surface area contributed by atoms with E-state index in [9.17, 15) is 0 Å². The highest BCUT2D eigenvalue weighted by atomic mass is 32.1. The van der Waals surface area contributed by atoms with E-state index in [0.29, 0.717) is 5.11 Å². The van der Waals surface area contributed by atoms with E-state index in [-0.39, 0.29) is 5.66 Å². The van der Waals surface area contributed by atoms with Gasteiger partial charge in [-0.2, -0.15) is 0 Å². The normalized spacial score (nSPS) is 22.8. The average molecular weight is 277 g/mol. The first kappa shape index (κ1) is 12.8. The van der Waals surface area contributed by atoms with Crippen LogP contribution in [0.3, 0.4) is 0 Å². The second-order valence-corrected chi connectivity index (χ2v) is 5.58. The van der Waals surface area contributed by atoms with E-state index in [1.54, 1.807) is 0 Å². The van der Waals surface area contributed by atoms with E-state index in [4.69, 9.17) is 12.2 Å². The summed E-state index contributed by atoms with van der Waals surface area (Å²) in [6.07, 6.45) is 2.06. The van der Waals surface area contributed by atoms with Crippen LogP contribution >= 0.6 is 12.2 Å². The monoisotopic (exact) mass is 277 g/mol. The summed E-state index contributed by atoms with van der Waals surface area (Å²) in [5.74, 6) is 0. The number of benzene rings is 1. The molecule has 4 N–H and O–H groups in total. The molecule has 3 rings (SSSR count). The molecule has 102 valence electrons. The Hall–Kier alpha value is -1.21. The average Bonchev–Trinajstić information content (AvgIpc) is 2.46. The number of nitrogens with one attached hydrogen (secondary N) is 4. The highest BCUT2D eigenvalue weighted by molar-refractivity contribution is 7.80. The van der Waals surface area contributed by atoms with Crippen molar-refractivity contribution in [2.75, 3.05) is 13.1 Å². The second kappa shape index (κ2) is 5.42. The van der Waals surface area contributed by atoms with Crippen LogP contribution in [0.5, 0.6) is 0 Å². The van der Waals surface area contributed by atoms with Gasteiger partial charge < -0.3 is 0 Å². The minimum absolute atomic E-state index is 0.0878. The largest absolute Gasteiger partial charge is 0.299 e. The Kier molecular flexibility index (Phi) is 3.65. The summed E-state index contributed by atoms with van der Waals surface area (Å²) in [4.78, 5) is 2.48. The molecule has 6 heteroatoms. The van der Waals surface area contributed by atoms with Gasteiger partial charge in [-0.15, -0.1) is 0 Å². The highest BCUT2D eigenvalue weighted by Crippen LogP contribution is 2.21. The van der Waals surface area contributed by atoms with E-state index in [1.165, 1.54) is 5.56 Å². The Morgan fingerprint density at radius 2 is 1.68 bits per heavy atom. The summed E-state index contributed by atoms with van der Waals surface area (Å²) in [5, 5.41) is 0.595. The zero-order chi connectivity index (χ0) is 13.1. The fourth-order valence-electron chi connectivity index (χ4n) is 2.60. The number of hydrogen-bond acceptors (Lipinski definition) is 4. The quantitative estimate of drug-likeness (QED) is 0.590. The van der Waals surface area contributed by atoms with Crippen molar-refractivity contribution in [2.24, 2.45) is 0 Å². The van der Waals surface area contributed by atoms with Crippen molar-refractivity contribution in [3.63, 3.8) is 0 Å². The summed E-state index contributed by atoms with van der Waals surface area (Å²) < 4.78 is 0. The second-order valence-electron chi connectivity index (χ2n) is 5.17. The number of rotatable bonds is 2. The first-order valence-corrected chi connectivity index (χ1v) is 7.03. The predicted molar refractivity (Wildman–Crippen MR) is 78.8 cm³/mol. The Bertz CT molecular complexity index is 430. The van der Waals surface area contributed by atoms with Crippen molar-refractivity contribution < 1.29 is 0 Å². The van der Waals surface area contributed by atoms with E-state index in [2.05, 4.69) is 56.9 Å². The SMILES string of the molecule is S=C1NNC2(CCN(Cc3ccccc3)CC2)NN1. The molecule has 0 aliphatic carbocycles.